The predicted molar refractivity (Wildman–Crippen MR) is 126 cm³/mol. The van der Waals surface area contributed by atoms with E-state index in [1.54, 1.807) is 17.0 Å². The molecular formula is C25H33FN2O2S. The highest BCUT2D eigenvalue weighted by atomic mass is 32.2. The second-order valence-corrected chi connectivity index (χ2v) is 9.72. The maximum Gasteiger partial charge on any atom is 0.243 e. The molecule has 0 saturated carbocycles. The van der Waals surface area contributed by atoms with Crippen LogP contribution in [0, 0.1) is 12.7 Å². The summed E-state index contributed by atoms with van der Waals surface area (Å²) in [5.41, 5.74) is 2.79. The molecular weight excluding hydrogens is 411 g/mol. The minimum absolute atomic E-state index is 0.0983. The van der Waals surface area contributed by atoms with Crippen LogP contribution in [-0.2, 0) is 21.9 Å². The SMILES string of the molecule is CC[C@@H](C(=O)NC(C)(C)C)N(Cc1ccc(F)cc1)C(=O)CSCc1ccccc1C. The molecule has 1 atom stereocenters. The molecule has 0 unspecified atom stereocenters. The molecule has 4 nitrogen and oxygen atoms in total. The zero-order valence-electron chi connectivity index (χ0n) is 19.1. The molecule has 6 heteroatoms. The quantitative estimate of drug-likeness (QED) is 0.586. The van der Waals surface area contributed by atoms with Crippen LogP contribution in [0.1, 0.15) is 50.8 Å². The van der Waals surface area contributed by atoms with Crippen LogP contribution in [0.5, 0.6) is 0 Å². The van der Waals surface area contributed by atoms with E-state index in [1.165, 1.54) is 35.0 Å². The van der Waals surface area contributed by atoms with Crippen molar-refractivity contribution >= 4 is 23.6 Å². The Labute approximate surface area is 189 Å². The number of aryl methyl sites for hydroxylation is 1. The number of carbonyl (C=O) groups is 2. The molecule has 0 aliphatic carbocycles. The van der Waals surface area contributed by atoms with Crippen LogP contribution in [0.15, 0.2) is 48.5 Å². The zero-order valence-corrected chi connectivity index (χ0v) is 19.9. The van der Waals surface area contributed by atoms with E-state index in [4.69, 9.17) is 0 Å². The van der Waals surface area contributed by atoms with Crippen LogP contribution in [-0.4, -0.2) is 34.0 Å². The molecule has 1 N–H and O–H groups in total. The Morgan fingerprint density at radius 3 is 2.32 bits per heavy atom. The lowest BCUT2D eigenvalue weighted by atomic mass is 10.1. The fourth-order valence-corrected chi connectivity index (χ4v) is 4.25. The van der Waals surface area contributed by atoms with Crippen LogP contribution in [0.25, 0.3) is 0 Å². The fraction of sp³-hybridized carbons (Fsp3) is 0.440. The molecule has 2 rings (SSSR count). The second kappa shape index (κ2) is 11.3. The van der Waals surface area contributed by atoms with Crippen molar-refractivity contribution in [2.24, 2.45) is 0 Å². The topological polar surface area (TPSA) is 49.4 Å². The minimum atomic E-state index is -0.587. The molecule has 0 spiro atoms. The molecule has 0 radical (unpaired) electrons. The summed E-state index contributed by atoms with van der Waals surface area (Å²) in [5.74, 6) is 0.406. The average molecular weight is 445 g/mol. The molecule has 2 aromatic carbocycles. The van der Waals surface area contributed by atoms with Gasteiger partial charge in [-0.15, -0.1) is 11.8 Å². The first kappa shape index (κ1) is 24.9. The first-order valence-corrected chi connectivity index (χ1v) is 11.7. The lowest BCUT2D eigenvalue weighted by Gasteiger charge is -2.33. The van der Waals surface area contributed by atoms with Gasteiger partial charge in [0.1, 0.15) is 11.9 Å². The third kappa shape index (κ3) is 8.02. The highest BCUT2D eigenvalue weighted by Gasteiger charge is 2.30. The van der Waals surface area contributed by atoms with Gasteiger partial charge in [0.05, 0.1) is 5.75 Å². The molecule has 31 heavy (non-hydrogen) atoms. The summed E-state index contributed by atoms with van der Waals surface area (Å²) >= 11 is 1.54. The highest BCUT2D eigenvalue weighted by Crippen LogP contribution is 2.19. The number of nitrogens with one attached hydrogen (secondary N) is 1. The van der Waals surface area contributed by atoms with Crippen molar-refractivity contribution in [3.63, 3.8) is 0 Å². The van der Waals surface area contributed by atoms with Crippen molar-refractivity contribution in [3.05, 3.63) is 71.0 Å². The van der Waals surface area contributed by atoms with Crippen molar-refractivity contribution in [1.82, 2.24) is 10.2 Å². The number of hydrogen-bond donors (Lipinski definition) is 1. The molecule has 0 saturated heterocycles. The van der Waals surface area contributed by atoms with E-state index in [0.717, 1.165) is 11.3 Å². The lowest BCUT2D eigenvalue weighted by Crippen LogP contribution is -2.53. The maximum absolute atomic E-state index is 13.3. The predicted octanol–water partition coefficient (Wildman–Crippen LogP) is 5.09. The summed E-state index contributed by atoms with van der Waals surface area (Å²) in [5, 5.41) is 2.99. The van der Waals surface area contributed by atoms with E-state index >= 15 is 0 Å². The Morgan fingerprint density at radius 2 is 1.74 bits per heavy atom. The smallest absolute Gasteiger partial charge is 0.243 e. The van der Waals surface area contributed by atoms with Crippen LogP contribution < -0.4 is 5.32 Å². The molecule has 168 valence electrons. The van der Waals surface area contributed by atoms with Gasteiger partial charge in [-0.05, 0) is 62.9 Å². The average Bonchev–Trinajstić information content (AvgIpc) is 2.69. The summed E-state index contributed by atoms with van der Waals surface area (Å²) < 4.78 is 13.3. The van der Waals surface area contributed by atoms with Crippen molar-refractivity contribution in [2.45, 2.75) is 64.9 Å². The van der Waals surface area contributed by atoms with Crippen molar-refractivity contribution in [3.8, 4) is 0 Å². The second-order valence-electron chi connectivity index (χ2n) is 8.73. The Kier molecular flexibility index (Phi) is 9.11. The molecule has 0 fully saturated rings. The van der Waals surface area contributed by atoms with Gasteiger partial charge in [-0.2, -0.15) is 0 Å². The summed E-state index contributed by atoms with van der Waals surface area (Å²) in [4.78, 5) is 27.8. The number of benzene rings is 2. The number of halogens is 1. The summed E-state index contributed by atoms with van der Waals surface area (Å²) in [6, 6.07) is 13.6. The Bertz CT molecular complexity index is 878. The van der Waals surface area contributed by atoms with Gasteiger partial charge in [0.15, 0.2) is 0 Å². The molecule has 0 aliphatic rings. The number of hydrogen-bond acceptors (Lipinski definition) is 3. The molecule has 0 aromatic heterocycles. The number of nitrogens with zero attached hydrogens (tertiary/aromatic N) is 1. The Balaban J connectivity index is 2.16. The largest absolute Gasteiger partial charge is 0.350 e. The Hall–Kier alpha value is -2.34. The van der Waals surface area contributed by atoms with E-state index in [2.05, 4.69) is 24.4 Å². The molecule has 2 aromatic rings. The summed E-state index contributed by atoms with van der Waals surface area (Å²) in [7, 11) is 0. The Morgan fingerprint density at radius 1 is 1.10 bits per heavy atom. The number of amides is 2. The van der Waals surface area contributed by atoms with Gasteiger partial charge >= 0.3 is 0 Å². The van der Waals surface area contributed by atoms with Gasteiger partial charge in [-0.1, -0.05) is 43.3 Å². The van der Waals surface area contributed by atoms with Crippen molar-refractivity contribution in [2.75, 3.05) is 5.75 Å². The van der Waals surface area contributed by atoms with Gasteiger partial charge < -0.3 is 10.2 Å². The third-order valence-corrected chi connectivity index (χ3v) is 5.86. The van der Waals surface area contributed by atoms with Gasteiger partial charge in [0, 0.05) is 17.8 Å². The van der Waals surface area contributed by atoms with E-state index in [9.17, 15) is 14.0 Å². The van der Waals surface area contributed by atoms with E-state index in [-0.39, 0.29) is 29.9 Å². The minimum Gasteiger partial charge on any atom is -0.350 e. The van der Waals surface area contributed by atoms with Crippen LogP contribution in [0.3, 0.4) is 0 Å². The van der Waals surface area contributed by atoms with Gasteiger partial charge in [-0.25, -0.2) is 4.39 Å². The normalized spacial score (nSPS) is 12.3. The summed E-state index contributed by atoms with van der Waals surface area (Å²) in [6.45, 7) is 9.98. The van der Waals surface area contributed by atoms with Gasteiger partial charge in [0.25, 0.3) is 0 Å². The maximum atomic E-state index is 13.3. The van der Waals surface area contributed by atoms with E-state index in [1.807, 2.05) is 39.8 Å². The van der Waals surface area contributed by atoms with Crippen LogP contribution in [0.2, 0.25) is 0 Å². The molecule has 0 aliphatic heterocycles. The van der Waals surface area contributed by atoms with Gasteiger partial charge in [0.2, 0.25) is 11.8 Å². The molecule has 2 amide bonds. The van der Waals surface area contributed by atoms with E-state index < -0.39 is 11.6 Å². The third-order valence-electron chi connectivity index (χ3n) is 4.89. The van der Waals surface area contributed by atoms with Gasteiger partial charge in [-0.3, -0.25) is 9.59 Å². The molecule has 0 bridgehead atoms. The monoisotopic (exact) mass is 444 g/mol. The van der Waals surface area contributed by atoms with E-state index in [0.29, 0.717) is 6.42 Å². The number of rotatable bonds is 9. The summed E-state index contributed by atoms with van der Waals surface area (Å²) in [6.07, 6.45) is 0.497. The standard InChI is InChI=1S/C25H33FN2O2S/c1-6-22(24(30)27-25(3,4)5)28(15-19-11-13-21(26)14-12-19)23(29)17-31-16-20-10-8-7-9-18(20)2/h7-14,22H,6,15-17H2,1-5H3,(H,27,30)/t22-/m0/s1. The lowest BCUT2D eigenvalue weighted by molar-refractivity contribution is -0.140. The zero-order chi connectivity index (χ0) is 23.0. The van der Waals surface area contributed by atoms with Crippen LogP contribution in [0.4, 0.5) is 4.39 Å². The molecule has 0 heterocycles. The highest BCUT2D eigenvalue weighted by molar-refractivity contribution is 7.99. The van der Waals surface area contributed by atoms with Crippen LogP contribution >= 0.6 is 11.8 Å². The van der Waals surface area contributed by atoms with Crippen molar-refractivity contribution < 1.29 is 14.0 Å². The first-order chi connectivity index (χ1) is 14.6. The fourth-order valence-electron chi connectivity index (χ4n) is 3.26. The van der Waals surface area contributed by atoms with Crippen molar-refractivity contribution in [1.29, 1.82) is 0 Å². The first-order valence-electron chi connectivity index (χ1n) is 10.6. The number of thioether (sulfide) groups is 1. The number of carbonyl (C=O) groups excluding carboxylic acids is 2.